The Bertz CT molecular complexity index is 532. The molecular weight excluding hydrogens is 348 g/mol. The van der Waals surface area contributed by atoms with E-state index in [0.29, 0.717) is 6.42 Å². The topological polar surface area (TPSA) is 30.2 Å². The Morgan fingerprint density at radius 2 is 1.44 bits per heavy atom. The van der Waals surface area contributed by atoms with Crippen molar-refractivity contribution in [2.24, 2.45) is 0 Å². The summed E-state index contributed by atoms with van der Waals surface area (Å²) in [5.74, 6) is 0.241. The lowest BCUT2D eigenvalue weighted by Crippen LogP contribution is -2.44. The molecule has 1 heterocycles. The maximum Gasteiger partial charge on any atom is 0.155 e. The number of allylic oxidation sites excluding steroid dienone is 1. The van der Waals surface area contributed by atoms with Crippen LogP contribution in [0.25, 0.3) is 6.08 Å². The molecule has 2 nitrogen and oxygen atoms in total. The average Bonchev–Trinajstić information content (AvgIpc) is 3.16. The molecule has 0 radical (unpaired) electrons. The molecule has 0 N–H and O–H groups in total. The minimum absolute atomic E-state index is 0.241. The van der Waals surface area contributed by atoms with Gasteiger partial charge in [0.1, 0.15) is 8.07 Å². The van der Waals surface area contributed by atoms with E-state index in [2.05, 4.69) is 33.8 Å². The molecule has 0 saturated heterocycles. The van der Waals surface area contributed by atoms with Gasteiger partial charge >= 0.3 is 0 Å². The van der Waals surface area contributed by atoms with Crippen molar-refractivity contribution < 1.29 is 9.21 Å². The van der Waals surface area contributed by atoms with E-state index in [1.165, 1.54) is 74.9 Å². The zero-order valence-corrected chi connectivity index (χ0v) is 19.3. The first-order valence-corrected chi connectivity index (χ1v) is 14.0. The van der Waals surface area contributed by atoms with Gasteiger partial charge in [-0.2, -0.15) is 0 Å². The van der Waals surface area contributed by atoms with Crippen molar-refractivity contribution in [3.05, 3.63) is 24.0 Å². The monoisotopic (exact) mass is 390 g/mol. The molecule has 0 unspecified atom stereocenters. The number of carbonyl (C=O) groups excluding carboxylic acids is 1. The fourth-order valence-electron chi connectivity index (χ4n) is 3.87. The van der Waals surface area contributed by atoms with Gasteiger partial charge in [0.25, 0.3) is 0 Å². The molecular formula is C24H42O2Si. The Morgan fingerprint density at radius 1 is 0.889 bits per heavy atom. The van der Waals surface area contributed by atoms with Gasteiger partial charge in [0.2, 0.25) is 0 Å². The summed E-state index contributed by atoms with van der Waals surface area (Å²) in [5, 5.41) is 1.20. The summed E-state index contributed by atoms with van der Waals surface area (Å²) in [4.78, 5) is 12.1. The lowest BCUT2D eigenvalue weighted by molar-refractivity contribution is -0.114. The molecule has 1 aromatic heterocycles. The number of ketones is 1. The van der Waals surface area contributed by atoms with Gasteiger partial charge in [-0.05, 0) is 24.6 Å². The fourth-order valence-corrected chi connectivity index (χ4v) is 7.20. The van der Waals surface area contributed by atoms with Crippen LogP contribution in [0.2, 0.25) is 18.1 Å². The van der Waals surface area contributed by atoms with Gasteiger partial charge in [-0.15, -0.1) is 0 Å². The van der Waals surface area contributed by atoms with E-state index in [9.17, 15) is 4.79 Å². The molecule has 27 heavy (non-hydrogen) atoms. The van der Waals surface area contributed by atoms with Gasteiger partial charge < -0.3 is 4.42 Å². The Balaban J connectivity index is 2.28. The summed E-state index contributed by atoms with van der Waals surface area (Å²) in [6, 6.07) is 5.82. The lowest BCUT2D eigenvalue weighted by atomic mass is 10.1. The normalized spacial score (nSPS) is 12.1. The van der Waals surface area contributed by atoms with Crippen LogP contribution in [0.3, 0.4) is 0 Å². The second-order valence-corrected chi connectivity index (χ2v) is 13.1. The third kappa shape index (κ3) is 8.63. The zero-order chi connectivity index (χ0) is 20.0. The Kier molecular flexibility index (Phi) is 12.4. The van der Waals surface area contributed by atoms with Crippen molar-refractivity contribution in [2.45, 2.75) is 110 Å². The van der Waals surface area contributed by atoms with Gasteiger partial charge in [0.15, 0.2) is 5.78 Å². The molecule has 1 aromatic rings. The molecule has 0 aliphatic heterocycles. The number of unbranched alkanes of at least 4 members (excludes halogenated alkanes) is 8. The molecule has 0 saturated carbocycles. The van der Waals surface area contributed by atoms with Crippen LogP contribution in [-0.2, 0) is 4.79 Å². The van der Waals surface area contributed by atoms with Crippen molar-refractivity contribution in [1.82, 2.24) is 0 Å². The fraction of sp³-hybridized carbons (Fsp3) is 0.708. The van der Waals surface area contributed by atoms with Gasteiger partial charge in [0, 0.05) is 12.0 Å². The molecule has 3 heteroatoms. The summed E-state index contributed by atoms with van der Waals surface area (Å²) < 4.78 is 5.89. The SMILES string of the molecule is CCCCCCCCCCCC(=O)C=Cc1coc([Si](CC)(CC)CC)c1. The molecule has 0 atom stereocenters. The molecule has 0 aliphatic carbocycles. The van der Waals surface area contributed by atoms with E-state index in [0.717, 1.165) is 12.0 Å². The predicted molar refractivity (Wildman–Crippen MR) is 121 cm³/mol. The highest BCUT2D eigenvalue weighted by atomic mass is 28.3. The molecule has 0 amide bonds. The van der Waals surface area contributed by atoms with Crippen LogP contribution in [-0.4, -0.2) is 13.9 Å². The minimum atomic E-state index is -1.46. The minimum Gasteiger partial charge on any atom is -0.474 e. The molecule has 0 aliphatic rings. The number of hydrogen-bond acceptors (Lipinski definition) is 2. The maximum atomic E-state index is 12.1. The summed E-state index contributed by atoms with van der Waals surface area (Å²) in [7, 11) is -1.46. The van der Waals surface area contributed by atoms with Crippen molar-refractivity contribution in [3.8, 4) is 0 Å². The highest BCUT2D eigenvalue weighted by molar-refractivity contribution is 6.90. The van der Waals surface area contributed by atoms with Crippen LogP contribution in [0.15, 0.2) is 22.8 Å². The second-order valence-electron chi connectivity index (χ2n) is 7.96. The van der Waals surface area contributed by atoms with Crippen molar-refractivity contribution in [3.63, 3.8) is 0 Å². The van der Waals surface area contributed by atoms with E-state index >= 15 is 0 Å². The number of carbonyl (C=O) groups is 1. The number of furan rings is 1. The first-order valence-electron chi connectivity index (χ1n) is 11.4. The highest BCUT2D eigenvalue weighted by Crippen LogP contribution is 2.21. The third-order valence-corrected chi connectivity index (χ3v) is 11.5. The van der Waals surface area contributed by atoms with Crippen LogP contribution in [0.5, 0.6) is 0 Å². The second kappa shape index (κ2) is 14.0. The summed E-state index contributed by atoms with van der Waals surface area (Å²) in [6.45, 7) is 9.11. The number of rotatable bonds is 16. The standard InChI is InChI=1S/C24H42O2Si/c1-5-9-10-11-12-13-14-15-16-17-23(25)19-18-22-20-24(26-21-22)27(6-2,7-3)8-4/h18-21H,5-17H2,1-4H3. The largest absolute Gasteiger partial charge is 0.474 e. The van der Waals surface area contributed by atoms with Gasteiger partial charge in [-0.25, -0.2) is 0 Å². The predicted octanol–water partition coefficient (Wildman–Crippen LogP) is 7.50. The van der Waals surface area contributed by atoms with E-state index < -0.39 is 8.07 Å². The quantitative estimate of drug-likeness (QED) is 0.166. The first kappa shape index (κ1) is 23.9. The summed E-state index contributed by atoms with van der Waals surface area (Å²) >= 11 is 0. The van der Waals surface area contributed by atoms with Crippen LogP contribution in [0.1, 0.15) is 97.5 Å². The van der Waals surface area contributed by atoms with Crippen LogP contribution < -0.4 is 5.38 Å². The third-order valence-electron chi connectivity index (χ3n) is 6.16. The van der Waals surface area contributed by atoms with E-state index in [4.69, 9.17) is 4.42 Å². The molecule has 0 aromatic carbocycles. The Hall–Kier alpha value is -1.09. The first-order chi connectivity index (χ1) is 13.1. The van der Waals surface area contributed by atoms with Crippen LogP contribution >= 0.6 is 0 Å². The van der Waals surface area contributed by atoms with Gasteiger partial charge in [-0.1, -0.05) is 97.2 Å². The lowest BCUT2D eigenvalue weighted by Gasteiger charge is -2.24. The van der Waals surface area contributed by atoms with E-state index in [1.807, 2.05) is 12.3 Å². The highest BCUT2D eigenvalue weighted by Gasteiger charge is 2.32. The van der Waals surface area contributed by atoms with Crippen LogP contribution in [0, 0.1) is 0 Å². The number of hydrogen-bond donors (Lipinski definition) is 0. The van der Waals surface area contributed by atoms with Crippen LogP contribution in [0.4, 0.5) is 0 Å². The molecule has 0 bridgehead atoms. The molecule has 0 fully saturated rings. The molecule has 154 valence electrons. The Labute approximate surface area is 168 Å². The van der Waals surface area contributed by atoms with Crippen molar-refractivity contribution in [2.75, 3.05) is 0 Å². The van der Waals surface area contributed by atoms with Gasteiger partial charge in [-0.3, -0.25) is 4.79 Å². The van der Waals surface area contributed by atoms with Crippen molar-refractivity contribution in [1.29, 1.82) is 0 Å². The van der Waals surface area contributed by atoms with Gasteiger partial charge in [0.05, 0.1) is 11.6 Å². The van der Waals surface area contributed by atoms with E-state index in [-0.39, 0.29) is 5.78 Å². The molecule has 0 spiro atoms. The van der Waals surface area contributed by atoms with E-state index in [1.54, 1.807) is 6.08 Å². The average molecular weight is 391 g/mol. The summed E-state index contributed by atoms with van der Waals surface area (Å²) in [6.07, 6.45) is 17.8. The van der Waals surface area contributed by atoms with Crippen molar-refractivity contribution >= 4 is 25.3 Å². The smallest absolute Gasteiger partial charge is 0.155 e. The summed E-state index contributed by atoms with van der Waals surface area (Å²) in [5.41, 5.74) is 1.04. The molecule has 1 rings (SSSR count). The Morgan fingerprint density at radius 3 is 2.00 bits per heavy atom. The maximum absolute atomic E-state index is 12.1. The zero-order valence-electron chi connectivity index (χ0n) is 18.3.